The number of carbonyl (C=O) groups excluding carboxylic acids is 1. The van der Waals surface area contributed by atoms with Gasteiger partial charge in [-0.05, 0) is 54.8 Å². The van der Waals surface area contributed by atoms with Crippen LogP contribution in [0.5, 0.6) is 5.75 Å². The van der Waals surface area contributed by atoms with E-state index in [2.05, 4.69) is 43.9 Å². The van der Waals surface area contributed by atoms with Crippen LogP contribution in [-0.4, -0.2) is 59.6 Å². The van der Waals surface area contributed by atoms with Gasteiger partial charge in [0.1, 0.15) is 5.75 Å². The van der Waals surface area contributed by atoms with Crippen LogP contribution in [-0.2, 0) is 11.3 Å². The standard InChI is InChI=1S/C27H35N5O2S/c1-30(2)22-14-10-20(11-15-22)18-31(3)25(33)19-35-27-29-28-26(21-12-16-24(34-4)17-13-21)32(27)23-8-6-5-7-9-23/h10-17,23H,5-9,18-19H2,1-4H3. The molecule has 0 aliphatic heterocycles. The molecule has 1 aliphatic carbocycles. The number of carbonyl (C=O) groups is 1. The average Bonchev–Trinajstić information content (AvgIpc) is 3.32. The number of anilines is 1. The molecule has 3 aromatic rings. The highest BCUT2D eigenvalue weighted by atomic mass is 32.2. The summed E-state index contributed by atoms with van der Waals surface area (Å²) in [6, 6.07) is 16.6. The summed E-state index contributed by atoms with van der Waals surface area (Å²) in [6.45, 7) is 0.583. The number of methoxy groups -OCH3 is 1. The van der Waals surface area contributed by atoms with Gasteiger partial charge in [0.2, 0.25) is 5.91 Å². The minimum atomic E-state index is 0.0795. The summed E-state index contributed by atoms with van der Waals surface area (Å²) in [5, 5.41) is 9.89. The quantitative estimate of drug-likeness (QED) is 0.378. The van der Waals surface area contributed by atoms with Crippen LogP contribution in [0.2, 0.25) is 0 Å². The van der Waals surface area contributed by atoms with E-state index in [0.717, 1.165) is 46.4 Å². The van der Waals surface area contributed by atoms with Gasteiger partial charge in [-0.1, -0.05) is 43.2 Å². The van der Waals surface area contributed by atoms with Crippen molar-refractivity contribution >= 4 is 23.4 Å². The second-order valence-electron chi connectivity index (χ2n) is 9.30. The average molecular weight is 494 g/mol. The lowest BCUT2D eigenvalue weighted by molar-refractivity contribution is -0.127. The smallest absolute Gasteiger partial charge is 0.233 e. The molecule has 1 fully saturated rings. The van der Waals surface area contributed by atoms with Gasteiger partial charge in [-0.2, -0.15) is 0 Å². The summed E-state index contributed by atoms with van der Waals surface area (Å²) in [6.07, 6.45) is 5.93. The maximum absolute atomic E-state index is 13.0. The third-order valence-electron chi connectivity index (χ3n) is 6.58. The first-order valence-electron chi connectivity index (χ1n) is 12.2. The van der Waals surface area contributed by atoms with Crippen LogP contribution >= 0.6 is 11.8 Å². The van der Waals surface area contributed by atoms with E-state index >= 15 is 0 Å². The summed E-state index contributed by atoms with van der Waals surface area (Å²) in [7, 11) is 7.57. The van der Waals surface area contributed by atoms with Gasteiger partial charge in [0.05, 0.1) is 12.9 Å². The molecule has 7 nitrogen and oxygen atoms in total. The maximum atomic E-state index is 13.0. The zero-order valence-electron chi connectivity index (χ0n) is 21.1. The van der Waals surface area contributed by atoms with E-state index in [1.54, 1.807) is 12.0 Å². The molecule has 1 heterocycles. The lowest BCUT2D eigenvalue weighted by Crippen LogP contribution is -2.28. The van der Waals surface area contributed by atoms with E-state index < -0.39 is 0 Å². The number of benzene rings is 2. The summed E-state index contributed by atoms with van der Waals surface area (Å²) in [4.78, 5) is 16.8. The molecule has 8 heteroatoms. The zero-order chi connectivity index (χ0) is 24.8. The van der Waals surface area contributed by atoms with Crippen LogP contribution in [0, 0.1) is 0 Å². The van der Waals surface area contributed by atoms with Crippen molar-refractivity contribution in [3.63, 3.8) is 0 Å². The second-order valence-corrected chi connectivity index (χ2v) is 10.2. The Labute approximate surface area is 212 Å². The number of nitrogens with zero attached hydrogens (tertiary/aromatic N) is 5. The van der Waals surface area contributed by atoms with Gasteiger partial charge in [-0.3, -0.25) is 9.36 Å². The van der Waals surface area contributed by atoms with Gasteiger partial charge in [-0.15, -0.1) is 10.2 Å². The fraction of sp³-hybridized carbons (Fsp3) is 0.444. The Kier molecular flexibility index (Phi) is 8.33. The van der Waals surface area contributed by atoms with Crippen molar-refractivity contribution in [1.29, 1.82) is 0 Å². The molecule has 0 spiro atoms. The Morgan fingerprint density at radius 2 is 1.69 bits per heavy atom. The Bertz CT molecular complexity index is 1110. The van der Waals surface area contributed by atoms with Crippen molar-refractivity contribution in [3.8, 4) is 17.1 Å². The minimum absolute atomic E-state index is 0.0795. The summed E-state index contributed by atoms with van der Waals surface area (Å²) in [5.74, 6) is 2.09. The summed E-state index contributed by atoms with van der Waals surface area (Å²) in [5.41, 5.74) is 3.27. The van der Waals surface area contributed by atoms with Crippen molar-refractivity contribution in [2.75, 3.05) is 38.9 Å². The molecule has 0 N–H and O–H groups in total. The van der Waals surface area contributed by atoms with Gasteiger partial charge in [-0.25, -0.2) is 0 Å². The molecule has 35 heavy (non-hydrogen) atoms. The molecular formula is C27H35N5O2S. The first kappa shape index (κ1) is 25.1. The molecule has 186 valence electrons. The zero-order valence-corrected chi connectivity index (χ0v) is 21.9. The number of ether oxygens (including phenoxy) is 1. The Morgan fingerprint density at radius 3 is 2.31 bits per heavy atom. The van der Waals surface area contributed by atoms with Gasteiger partial charge in [0, 0.05) is 45.0 Å². The topological polar surface area (TPSA) is 63.5 Å². The second kappa shape index (κ2) is 11.6. The number of hydrogen-bond acceptors (Lipinski definition) is 6. The molecule has 4 rings (SSSR count). The lowest BCUT2D eigenvalue weighted by Gasteiger charge is -2.26. The van der Waals surface area contributed by atoms with Crippen LogP contribution in [0.25, 0.3) is 11.4 Å². The molecular weight excluding hydrogens is 458 g/mol. The van der Waals surface area contributed by atoms with Crippen molar-refractivity contribution in [2.24, 2.45) is 0 Å². The number of thioether (sulfide) groups is 1. The van der Waals surface area contributed by atoms with Gasteiger partial charge in [0.25, 0.3) is 0 Å². The molecule has 0 atom stereocenters. The molecule has 0 radical (unpaired) electrons. The van der Waals surface area contributed by atoms with Crippen molar-refractivity contribution in [1.82, 2.24) is 19.7 Å². The highest BCUT2D eigenvalue weighted by Crippen LogP contribution is 2.36. The maximum Gasteiger partial charge on any atom is 0.233 e. The molecule has 1 aliphatic rings. The van der Waals surface area contributed by atoms with E-state index in [4.69, 9.17) is 4.74 Å². The first-order valence-corrected chi connectivity index (χ1v) is 13.2. The third kappa shape index (κ3) is 6.17. The Balaban J connectivity index is 1.46. The van der Waals surface area contributed by atoms with Crippen LogP contribution in [0.3, 0.4) is 0 Å². The monoisotopic (exact) mass is 493 g/mol. The fourth-order valence-corrected chi connectivity index (χ4v) is 5.42. The van der Waals surface area contributed by atoms with Crippen LogP contribution in [0.15, 0.2) is 53.7 Å². The molecule has 0 bridgehead atoms. The number of amides is 1. The van der Waals surface area contributed by atoms with Crippen molar-refractivity contribution in [3.05, 3.63) is 54.1 Å². The van der Waals surface area contributed by atoms with Crippen LogP contribution < -0.4 is 9.64 Å². The molecule has 2 aromatic carbocycles. The van der Waals surface area contributed by atoms with Gasteiger partial charge < -0.3 is 14.5 Å². The van der Waals surface area contributed by atoms with Crippen LogP contribution in [0.1, 0.15) is 43.7 Å². The molecule has 1 aromatic heterocycles. The Morgan fingerprint density at radius 1 is 1.00 bits per heavy atom. The Hall–Kier alpha value is -3.00. The summed E-state index contributed by atoms with van der Waals surface area (Å²) < 4.78 is 7.57. The normalized spacial score (nSPS) is 14.1. The first-order chi connectivity index (χ1) is 17.0. The van der Waals surface area contributed by atoms with E-state index in [1.807, 2.05) is 45.4 Å². The van der Waals surface area contributed by atoms with Gasteiger partial charge >= 0.3 is 0 Å². The molecule has 1 amide bonds. The minimum Gasteiger partial charge on any atom is -0.497 e. The molecule has 1 saturated carbocycles. The SMILES string of the molecule is COc1ccc(-c2nnc(SCC(=O)N(C)Cc3ccc(N(C)C)cc3)n2C2CCCCC2)cc1. The van der Waals surface area contributed by atoms with E-state index in [0.29, 0.717) is 18.3 Å². The highest BCUT2D eigenvalue weighted by Gasteiger charge is 2.24. The van der Waals surface area contributed by atoms with E-state index in [1.165, 1.54) is 31.0 Å². The number of aromatic nitrogens is 3. The van der Waals surface area contributed by atoms with Crippen LogP contribution in [0.4, 0.5) is 5.69 Å². The van der Waals surface area contributed by atoms with Crippen molar-refractivity contribution in [2.45, 2.75) is 49.8 Å². The predicted octanol–water partition coefficient (Wildman–Crippen LogP) is 5.28. The number of rotatable bonds is 9. The van der Waals surface area contributed by atoms with Crippen molar-refractivity contribution < 1.29 is 9.53 Å². The van der Waals surface area contributed by atoms with E-state index in [-0.39, 0.29) is 5.91 Å². The number of hydrogen-bond donors (Lipinski definition) is 0. The summed E-state index contributed by atoms with van der Waals surface area (Å²) >= 11 is 1.48. The molecule has 0 unspecified atom stereocenters. The largest absolute Gasteiger partial charge is 0.497 e. The fourth-order valence-electron chi connectivity index (χ4n) is 4.48. The van der Waals surface area contributed by atoms with E-state index in [9.17, 15) is 4.79 Å². The third-order valence-corrected chi connectivity index (χ3v) is 7.50. The van der Waals surface area contributed by atoms with Gasteiger partial charge in [0.15, 0.2) is 11.0 Å². The predicted molar refractivity (Wildman–Crippen MR) is 142 cm³/mol. The molecule has 0 saturated heterocycles. The lowest BCUT2D eigenvalue weighted by atomic mass is 9.95. The highest BCUT2D eigenvalue weighted by molar-refractivity contribution is 7.99.